The fourth-order valence-corrected chi connectivity index (χ4v) is 1.50. The number of nitrogens with zero attached hydrogens (tertiary/aromatic N) is 1. The lowest BCUT2D eigenvalue weighted by atomic mass is 10.2. The van der Waals surface area contributed by atoms with E-state index in [0.717, 1.165) is 18.5 Å². The Kier molecular flexibility index (Phi) is 4.65. The summed E-state index contributed by atoms with van der Waals surface area (Å²) in [6, 6.07) is 1.66. The number of hydrogen-bond acceptors (Lipinski definition) is 4. The Hall–Kier alpha value is -1.00. The smallest absolute Gasteiger partial charge is 0.237 e. The lowest BCUT2D eigenvalue weighted by molar-refractivity contribution is 0.195. The van der Waals surface area contributed by atoms with Gasteiger partial charge in [0.15, 0.2) is 0 Å². The van der Waals surface area contributed by atoms with Crippen molar-refractivity contribution in [1.82, 2.24) is 4.98 Å². The van der Waals surface area contributed by atoms with E-state index in [4.69, 9.17) is 26.8 Å². The van der Waals surface area contributed by atoms with Crippen LogP contribution in [0.5, 0.6) is 5.88 Å². The van der Waals surface area contributed by atoms with Crippen molar-refractivity contribution < 1.29 is 9.47 Å². The summed E-state index contributed by atoms with van der Waals surface area (Å²) in [5.41, 5.74) is 6.91. The molecule has 0 spiro atoms. The zero-order valence-corrected chi connectivity index (χ0v) is 9.67. The summed E-state index contributed by atoms with van der Waals surface area (Å²) in [5.74, 6) is 0.423. The van der Waals surface area contributed by atoms with E-state index in [-0.39, 0.29) is 0 Å². The molecule has 0 radical (unpaired) electrons. The van der Waals surface area contributed by atoms with Crippen LogP contribution in [0, 0.1) is 0 Å². The topological polar surface area (TPSA) is 57.4 Å². The first-order valence-electron chi connectivity index (χ1n) is 4.67. The van der Waals surface area contributed by atoms with Gasteiger partial charge in [-0.15, -0.1) is 0 Å². The predicted octanol–water partition coefficient (Wildman–Crippen LogP) is 1.90. The second-order valence-corrected chi connectivity index (χ2v) is 3.52. The highest BCUT2D eigenvalue weighted by molar-refractivity contribution is 6.31. The molecule has 0 aliphatic carbocycles. The average Bonchev–Trinajstić information content (AvgIpc) is 2.21. The molecule has 0 saturated carbocycles. The molecular formula is C10H15ClN2O2. The van der Waals surface area contributed by atoms with E-state index in [0.29, 0.717) is 23.2 Å². The van der Waals surface area contributed by atoms with Crippen LogP contribution >= 0.6 is 11.6 Å². The molecule has 0 unspecified atom stereocenters. The maximum Gasteiger partial charge on any atom is 0.237 e. The summed E-state index contributed by atoms with van der Waals surface area (Å²) in [6.45, 7) is 0.685. The van der Waals surface area contributed by atoms with Crippen LogP contribution in [0.4, 0.5) is 5.69 Å². The van der Waals surface area contributed by atoms with E-state index in [1.54, 1.807) is 13.2 Å². The zero-order chi connectivity index (χ0) is 11.3. The minimum absolute atomic E-state index is 0.423. The fourth-order valence-electron chi connectivity index (χ4n) is 1.24. The molecule has 0 aromatic carbocycles. The van der Waals surface area contributed by atoms with E-state index in [1.165, 1.54) is 7.11 Å². The number of nitrogen functional groups attached to an aromatic ring is 1. The SMILES string of the molecule is COCCCc1nc(OC)c(N)cc1Cl. The van der Waals surface area contributed by atoms with Crippen molar-refractivity contribution in [2.24, 2.45) is 0 Å². The molecule has 84 valence electrons. The van der Waals surface area contributed by atoms with Crippen molar-refractivity contribution in [3.05, 3.63) is 16.8 Å². The minimum atomic E-state index is 0.423. The van der Waals surface area contributed by atoms with Gasteiger partial charge in [-0.1, -0.05) is 11.6 Å². The van der Waals surface area contributed by atoms with E-state index in [9.17, 15) is 0 Å². The Morgan fingerprint density at radius 1 is 1.47 bits per heavy atom. The van der Waals surface area contributed by atoms with Crippen LogP contribution in [0.2, 0.25) is 5.02 Å². The zero-order valence-electron chi connectivity index (χ0n) is 8.92. The largest absolute Gasteiger partial charge is 0.480 e. The Labute approximate surface area is 94.3 Å². The number of ether oxygens (including phenoxy) is 2. The second-order valence-electron chi connectivity index (χ2n) is 3.11. The third-order valence-corrected chi connectivity index (χ3v) is 2.32. The molecule has 5 heteroatoms. The van der Waals surface area contributed by atoms with Gasteiger partial charge in [-0.3, -0.25) is 0 Å². The second kappa shape index (κ2) is 5.78. The first-order chi connectivity index (χ1) is 7.19. The van der Waals surface area contributed by atoms with Crippen molar-refractivity contribution in [2.45, 2.75) is 12.8 Å². The summed E-state index contributed by atoms with van der Waals surface area (Å²) in [6.07, 6.45) is 1.62. The Balaban J connectivity index is 2.78. The molecule has 4 nitrogen and oxygen atoms in total. The monoisotopic (exact) mass is 230 g/mol. The molecule has 1 aromatic heterocycles. The van der Waals surface area contributed by atoms with E-state index in [2.05, 4.69) is 4.98 Å². The Bertz CT molecular complexity index is 331. The van der Waals surface area contributed by atoms with Crippen molar-refractivity contribution in [3.8, 4) is 5.88 Å². The molecule has 1 rings (SSSR count). The van der Waals surface area contributed by atoms with Crippen molar-refractivity contribution in [2.75, 3.05) is 26.6 Å². The number of methoxy groups -OCH3 is 2. The number of halogens is 1. The standard InChI is InChI=1S/C10H15ClN2O2/c1-14-5-3-4-9-7(11)6-8(12)10(13-9)15-2/h6H,3-5,12H2,1-2H3. The number of pyridine rings is 1. The molecule has 0 aliphatic heterocycles. The molecule has 0 aliphatic rings. The third kappa shape index (κ3) is 3.25. The van der Waals surface area contributed by atoms with Gasteiger partial charge in [0.1, 0.15) is 0 Å². The molecule has 0 amide bonds. The highest BCUT2D eigenvalue weighted by atomic mass is 35.5. The lowest BCUT2D eigenvalue weighted by Crippen LogP contribution is -2.01. The molecule has 0 fully saturated rings. The first kappa shape index (κ1) is 12.1. The van der Waals surface area contributed by atoms with Crippen molar-refractivity contribution in [3.63, 3.8) is 0 Å². The van der Waals surface area contributed by atoms with Gasteiger partial charge in [0.05, 0.1) is 23.5 Å². The van der Waals surface area contributed by atoms with Crippen LogP contribution < -0.4 is 10.5 Å². The summed E-state index contributed by atoms with van der Waals surface area (Å²) in [7, 11) is 3.20. The summed E-state index contributed by atoms with van der Waals surface area (Å²) in [4.78, 5) is 4.23. The van der Waals surface area contributed by atoms with Gasteiger partial charge >= 0.3 is 0 Å². The summed E-state index contributed by atoms with van der Waals surface area (Å²) >= 11 is 6.00. The highest BCUT2D eigenvalue weighted by Gasteiger charge is 2.08. The predicted molar refractivity (Wildman–Crippen MR) is 60.4 cm³/mol. The minimum Gasteiger partial charge on any atom is -0.480 e. The van der Waals surface area contributed by atoms with Gasteiger partial charge in [0.2, 0.25) is 5.88 Å². The number of anilines is 1. The van der Waals surface area contributed by atoms with E-state index < -0.39 is 0 Å². The quantitative estimate of drug-likeness (QED) is 0.785. The van der Waals surface area contributed by atoms with Gasteiger partial charge in [0, 0.05) is 13.7 Å². The maximum absolute atomic E-state index is 6.00. The number of aryl methyl sites for hydroxylation is 1. The molecule has 1 heterocycles. The van der Waals surface area contributed by atoms with Gasteiger partial charge in [-0.25, -0.2) is 4.98 Å². The molecule has 2 N–H and O–H groups in total. The maximum atomic E-state index is 6.00. The first-order valence-corrected chi connectivity index (χ1v) is 5.04. The van der Waals surface area contributed by atoms with Gasteiger partial charge in [-0.2, -0.15) is 0 Å². The summed E-state index contributed by atoms with van der Waals surface area (Å²) in [5, 5.41) is 0.574. The normalized spacial score (nSPS) is 10.3. The number of rotatable bonds is 5. The van der Waals surface area contributed by atoms with E-state index >= 15 is 0 Å². The number of aromatic nitrogens is 1. The number of nitrogens with two attached hydrogens (primary N) is 1. The Morgan fingerprint density at radius 2 is 2.20 bits per heavy atom. The van der Waals surface area contributed by atoms with Crippen molar-refractivity contribution >= 4 is 17.3 Å². The lowest BCUT2D eigenvalue weighted by Gasteiger charge is -2.08. The van der Waals surface area contributed by atoms with Gasteiger partial charge < -0.3 is 15.2 Å². The van der Waals surface area contributed by atoms with Gasteiger partial charge in [-0.05, 0) is 18.9 Å². The Morgan fingerprint density at radius 3 is 2.80 bits per heavy atom. The number of hydrogen-bond donors (Lipinski definition) is 1. The third-order valence-electron chi connectivity index (χ3n) is 2.00. The van der Waals surface area contributed by atoms with Crippen LogP contribution in [-0.4, -0.2) is 25.8 Å². The van der Waals surface area contributed by atoms with Crippen LogP contribution in [-0.2, 0) is 11.2 Å². The van der Waals surface area contributed by atoms with Crippen LogP contribution in [0.15, 0.2) is 6.07 Å². The van der Waals surface area contributed by atoms with E-state index in [1.807, 2.05) is 0 Å². The van der Waals surface area contributed by atoms with Crippen LogP contribution in [0.25, 0.3) is 0 Å². The molecule has 0 atom stereocenters. The highest BCUT2D eigenvalue weighted by Crippen LogP contribution is 2.25. The van der Waals surface area contributed by atoms with Crippen LogP contribution in [0.3, 0.4) is 0 Å². The fraction of sp³-hybridized carbons (Fsp3) is 0.500. The van der Waals surface area contributed by atoms with Crippen molar-refractivity contribution in [1.29, 1.82) is 0 Å². The summed E-state index contributed by atoms with van der Waals surface area (Å²) < 4.78 is 9.98. The molecule has 1 aromatic rings. The molecule has 15 heavy (non-hydrogen) atoms. The molecular weight excluding hydrogens is 216 g/mol. The van der Waals surface area contributed by atoms with Gasteiger partial charge in [0.25, 0.3) is 0 Å². The molecule has 0 saturated heterocycles. The average molecular weight is 231 g/mol. The molecule has 0 bridgehead atoms. The van der Waals surface area contributed by atoms with Crippen LogP contribution in [0.1, 0.15) is 12.1 Å².